The Morgan fingerprint density at radius 1 is 1.33 bits per heavy atom. The smallest absolute Gasteiger partial charge is 0.167 e. The Morgan fingerprint density at radius 2 is 2.17 bits per heavy atom. The molecule has 1 N–H and O–H groups in total. The zero-order valence-corrected chi connectivity index (χ0v) is 10.6. The monoisotopic (exact) mass is 244 g/mol. The van der Waals surface area contributed by atoms with Crippen LogP contribution in [0.15, 0.2) is 0 Å². The Hall–Kier alpha value is -1.67. The lowest BCUT2D eigenvalue weighted by Gasteiger charge is -2.21. The molecule has 1 aromatic heterocycles. The van der Waals surface area contributed by atoms with E-state index in [9.17, 15) is 5.26 Å². The lowest BCUT2D eigenvalue weighted by Crippen LogP contribution is -2.31. The van der Waals surface area contributed by atoms with Crippen LogP contribution in [-0.4, -0.2) is 28.4 Å². The molecule has 3 heterocycles. The van der Waals surface area contributed by atoms with Crippen LogP contribution in [0.1, 0.15) is 36.1 Å². The third-order valence-corrected chi connectivity index (χ3v) is 3.99. The normalized spacial score (nSPS) is 29.3. The molecule has 3 atom stereocenters. The largest absolute Gasteiger partial charge is 0.373 e. The van der Waals surface area contributed by atoms with E-state index in [1.165, 1.54) is 0 Å². The van der Waals surface area contributed by atoms with E-state index < -0.39 is 0 Å². The summed E-state index contributed by atoms with van der Waals surface area (Å²) in [5.41, 5.74) is 2.31. The molecule has 5 nitrogen and oxygen atoms in total. The number of nitriles is 1. The first-order valence-corrected chi connectivity index (χ1v) is 6.35. The summed E-state index contributed by atoms with van der Waals surface area (Å²) < 4.78 is 5.79. The molecule has 0 amide bonds. The second-order valence-corrected chi connectivity index (χ2v) is 5.11. The minimum Gasteiger partial charge on any atom is -0.373 e. The quantitative estimate of drug-likeness (QED) is 0.857. The fourth-order valence-electron chi connectivity index (χ4n) is 2.81. The van der Waals surface area contributed by atoms with Crippen molar-refractivity contribution < 1.29 is 4.74 Å². The van der Waals surface area contributed by atoms with E-state index in [1.54, 1.807) is 0 Å². The van der Waals surface area contributed by atoms with Gasteiger partial charge in [-0.3, -0.25) is 0 Å². The zero-order valence-electron chi connectivity index (χ0n) is 10.6. The summed E-state index contributed by atoms with van der Waals surface area (Å²) in [6.45, 7) is 3.78. The molecule has 5 heteroatoms. The van der Waals surface area contributed by atoms with E-state index in [0.29, 0.717) is 17.5 Å². The molecular formula is C13H16N4O. The summed E-state index contributed by atoms with van der Waals surface area (Å²) in [7, 11) is 0. The molecular weight excluding hydrogens is 228 g/mol. The maximum atomic E-state index is 9.24. The van der Waals surface area contributed by atoms with Crippen molar-refractivity contribution in [1.82, 2.24) is 10.2 Å². The Bertz CT molecular complexity index is 522. The van der Waals surface area contributed by atoms with Gasteiger partial charge in [-0.25, -0.2) is 0 Å². The minimum atomic E-state index is 0.268. The summed E-state index contributed by atoms with van der Waals surface area (Å²) >= 11 is 0. The van der Waals surface area contributed by atoms with Gasteiger partial charge in [0.1, 0.15) is 11.6 Å². The van der Waals surface area contributed by atoms with Gasteiger partial charge >= 0.3 is 0 Å². The molecule has 0 aromatic carbocycles. The number of nitrogens with one attached hydrogen (secondary N) is 1. The van der Waals surface area contributed by atoms with Crippen molar-refractivity contribution in [2.24, 2.45) is 0 Å². The number of aryl methyl sites for hydroxylation is 1. The summed E-state index contributed by atoms with van der Waals surface area (Å²) in [6.07, 6.45) is 3.92. The first-order chi connectivity index (χ1) is 8.69. The Morgan fingerprint density at radius 3 is 2.78 bits per heavy atom. The fourth-order valence-corrected chi connectivity index (χ4v) is 2.81. The molecule has 2 fully saturated rings. The fraction of sp³-hybridized carbons (Fsp3) is 0.615. The van der Waals surface area contributed by atoms with Gasteiger partial charge < -0.3 is 10.1 Å². The van der Waals surface area contributed by atoms with E-state index in [1.807, 2.05) is 13.8 Å². The third kappa shape index (κ3) is 1.73. The molecule has 2 aliphatic heterocycles. The summed E-state index contributed by atoms with van der Waals surface area (Å²) in [5.74, 6) is 0.599. The maximum absolute atomic E-state index is 9.24. The predicted octanol–water partition coefficient (Wildman–Crippen LogP) is 1.70. The lowest BCUT2D eigenvalue weighted by molar-refractivity contribution is 0.102. The molecule has 3 rings (SSSR count). The van der Waals surface area contributed by atoms with Gasteiger partial charge in [0, 0.05) is 0 Å². The standard InChI is InChI=1S/C13H16N4O/c1-7-8(2)16-17-13(10(7)6-14)15-11-5-9-3-4-12(11)18-9/h9,11-12H,3-5H2,1-2H3,(H,15,17). The van der Waals surface area contributed by atoms with Crippen molar-refractivity contribution in [3.05, 3.63) is 16.8 Å². The van der Waals surface area contributed by atoms with Crippen LogP contribution in [0, 0.1) is 25.2 Å². The molecule has 94 valence electrons. The number of aromatic nitrogens is 2. The van der Waals surface area contributed by atoms with E-state index in [2.05, 4.69) is 21.6 Å². The number of hydrogen-bond acceptors (Lipinski definition) is 5. The molecule has 18 heavy (non-hydrogen) atoms. The van der Waals surface area contributed by atoms with Gasteiger partial charge in [-0.1, -0.05) is 0 Å². The topological polar surface area (TPSA) is 70.8 Å². The number of ether oxygens (including phenoxy) is 1. The predicted molar refractivity (Wildman–Crippen MR) is 66.1 cm³/mol. The van der Waals surface area contributed by atoms with Gasteiger partial charge in [-0.2, -0.15) is 10.4 Å². The number of fused-ring (bicyclic) bond motifs is 2. The van der Waals surface area contributed by atoms with Gasteiger partial charge in [0.2, 0.25) is 0 Å². The first kappa shape index (κ1) is 11.4. The molecule has 2 bridgehead atoms. The third-order valence-electron chi connectivity index (χ3n) is 3.99. The Labute approximate surface area is 106 Å². The van der Waals surface area contributed by atoms with Gasteiger partial charge in [0.05, 0.1) is 23.9 Å². The summed E-state index contributed by atoms with van der Waals surface area (Å²) in [4.78, 5) is 0. The average Bonchev–Trinajstić information content (AvgIpc) is 2.96. The van der Waals surface area contributed by atoms with Crippen LogP contribution in [-0.2, 0) is 4.74 Å². The lowest BCUT2D eigenvalue weighted by atomic mass is 9.95. The van der Waals surface area contributed by atoms with Crippen molar-refractivity contribution in [3.8, 4) is 6.07 Å². The van der Waals surface area contributed by atoms with Crippen LogP contribution in [0.5, 0.6) is 0 Å². The zero-order chi connectivity index (χ0) is 12.7. The highest BCUT2D eigenvalue weighted by Crippen LogP contribution is 2.36. The first-order valence-electron chi connectivity index (χ1n) is 6.35. The van der Waals surface area contributed by atoms with Gasteiger partial charge in [-0.05, 0) is 38.7 Å². The SMILES string of the molecule is Cc1nnc(NC2CC3CCC2O3)c(C#N)c1C. The molecule has 3 unspecified atom stereocenters. The van der Waals surface area contributed by atoms with Crippen molar-refractivity contribution in [3.63, 3.8) is 0 Å². The van der Waals surface area contributed by atoms with Crippen molar-refractivity contribution in [1.29, 1.82) is 5.26 Å². The van der Waals surface area contributed by atoms with Gasteiger partial charge in [0.15, 0.2) is 5.82 Å². The molecule has 0 spiro atoms. The highest BCUT2D eigenvalue weighted by molar-refractivity contribution is 5.56. The molecule has 2 saturated heterocycles. The highest BCUT2D eigenvalue weighted by Gasteiger charge is 2.41. The average molecular weight is 244 g/mol. The van der Waals surface area contributed by atoms with Gasteiger partial charge in [0.25, 0.3) is 0 Å². The summed E-state index contributed by atoms with van der Waals surface area (Å²) in [5, 5.41) is 20.8. The number of nitrogens with zero attached hydrogens (tertiary/aromatic N) is 3. The van der Waals surface area contributed by atoms with Crippen LogP contribution in [0.3, 0.4) is 0 Å². The van der Waals surface area contributed by atoms with Crippen molar-refractivity contribution in [2.45, 2.75) is 51.4 Å². The van der Waals surface area contributed by atoms with Crippen LogP contribution in [0.2, 0.25) is 0 Å². The molecule has 2 aliphatic rings. The second kappa shape index (κ2) is 4.21. The van der Waals surface area contributed by atoms with E-state index >= 15 is 0 Å². The molecule has 1 aromatic rings. The van der Waals surface area contributed by atoms with Crippen molar-refractivity contribution >= 4 is 5.82 Å². The molecule has 0 radical (unpaired) electrons. The minimum absolute atomic E-state index is 0.268. The maximum Gasteiger partial charge on any atom is 0.167 e. The Balaban J connectivity index is 1.85. The van der Waals surface area contributed by atoms with E-state index in [0.717, 1.165) is 30.5 Å². The van der Waals surface area contributed by atoms with Crippen LogP contribution in [0.4, 0.5) is 5.82 Å². The van der Waals surface area contributed by atoms with Crippen LogP contribution < -0.4 is 5.32 Å². The summed E-state index contributed by atoms with van der Waals surface area (Å²) in [6, 6.07) is 2.49. The molecule has 0 aliphatic carbocycles. The van der Waals surface area contributed by atoms with Crippen LogP contribution in [0.25, 0.3) is 0 Å². The Kier molecular flexibility index (Phi) is 2.67. The second-order valence-electron chi connectivity index (χ2n) is 5.11. The van der Waals surface area contributed by atoms with Crippen LogP contribution >= 0.6 is 0 Å². The highest BCUT2D eigenvalue weighted by atomic mass is 16.5. The van der Waals surface area contributed by atoms with E-state index in [-0.39, 0.29) is 12.1 Å². The molecule has 0 saturated carbocycles. The van der Waals surface area contributed by atoms with Crippen molar-refractivity contribution in [2.75, 3.05) is 5.32 Å². The van der Waals surface area contributed by atoms with Gasteiger partial charge in [-0.15, -0.1) is 5.10 Å². The number of hydrogen-bond donors (Lipinski definition) is 1. The number of rotatable bonds is 2. The number of anilines is 1. The van der Waals surface area contributed by atoms with E-state index in [4.69, 9.17) is 4.74 Å².